The number of benzene rings is 1. The van der Waals surface area contributed by atoms with Crippen molar-refractivity contribution in [2.45, 2.75) is 0 Å². The number of nitrogens with one attached hydrogen (secondary N) is 1. The Kier molecular flexibility index (Phi) is 2.04. The van der Waals surface area contributed by atoms with Crippen molar-refractivity contribution in [2.24, 2.45) is 0 Å². The molecule has 0 amide bonds. The highest BCUT2D eigenvalue weighted by molar-refractivity contribution is 5.82. The maximum absolute atomic E-state index is 13.4. The molecule has 4 nitrogen and oxygen atoms in total. The molecule has 0 aliphatic carbocycles. The number of furan rings is 1. The normalized spacial score (nSPS) is 10.9. The third-order valence-electron chi connectivity index (χ3n) is 2.44. The van der Waals surface area contributed by atoms with Crippen LogP contribution in [0, 0.1) is 5.82 Å². The largest absolute Gasteiger partial charge is 0.451 e. The van der Waals surface area contributed by atoms with E-state index in [2.05, 4.69) is 9.97 Å². The molecule has 1 N–H and O–H groups in total. The summed E-state index contributed by atoms with van der Waals surface area (Å²) in [5, 5.41) is 0.651. The Morgan fingerprint density at radius 3 is 2.94 bits per heavy atom. The monoisotopic (exact) mass is 230 g/mol. The minimum Gasteiger partial charge on any atom is -0.451 e. The first kappa shape index (κ1) is 9.77. The van der Waals surface area contributed by atoms with Crippen LogP contribution >= 0.6 is 0 Å². The lowest BCUT2D eigenvalue weighted by molar-refractivity contribution is 0.567. The molecule has 0 unspecified atom stereocenters. The topological polar surface area (TPSA) is 58.9 Å². The molecule has 2 aromatic heterocycles. The third kappa shape index (κ3) is 1.61. The summed E-state index contributed by atoms with van der Waals surface area (Å²) in [5.41, 5.74) is 0.184. The van der Waals surface area contributed by atoms with Crippen molar-refractivity contribution in [1.82, 2.24) is 9.97 Å². The number of para-hydroxylation sites is 1. The summed E-state index contributed by atoms with van der Waals surface area (Å²) >= 11 is 0. The quantitative estimate of drug-likeness (QED) is 0.697. The number of H-pyrrole nitrogens is 1. The van der Waals surface area contributed by atoms with Crippen molar-refractivity contribution in [3.8, 4) is 11.5 Å². The fraction of sp³-hybridized carbons (Fsp3) is 0. The van der Waals surface area contributed by atoms with Crippen LogP contribution < -0.4 is 5.69 Å². The molecule has 2 heterocycles. The molecular weight excluding hydrogens is 223 g/mol. The van der Waals surface area contributed by atoms with E-state index in [4.69, 9.17) is 4.42 Å². The van der Waals surface area contributed by atoms with Crippen molar-refractivity contribution in [3.63, 3.8) is 0 Å². The molecule has 3 rings (SSSR count). The Labute approximate surface area is 94.7 Å². The standard InChI is InChI=1S/C12H7FN2O2/c13-8-3-1-2-7-6-10(17-11(7)8)9-4-5-14-12(16)15-9/h1-6H,(H,14,15,16). The zero-order valence-electron chi connectivity index (χ0n) is 8.61. The maximum atomic E-state index is 13.4. The van der Waals surface area contributed by atoms with Crippen LogP contribution in [-0.4, -0.2) is 9.97 Å². The second kappa shape index (κ2) is 3.55. The summed E-state index contributed by atoms with van der Waals surface area (Å²) in [7, 11) is 0. The first-order chi connectivity index (χ1) is 8.24. The molecule has 0 fully saturated rings. The van der Waals surface area contributed by atoms with Crippen molar-refractivity contribution in [3.05, 3.63) is 52.8 Å². The summed E-state index contributed by atoms with van der Waals surface area (Å²) < 4.78 is 18.8. The molecule has 0 atom stereocenters. The first-order valence-electron chi connectivity index (χ1n) is 4.98. The van der Waals surface area contributed by atoms with Crippen LogP contribution in [0.1, 0.15) is 0 Å². The minimum absolute atomic E-state index is 0.181. The highest BCUT2D eigenvalue weighted by Crippen LogP contribution is 2.27. The van der Waals surface area contributed by atoms with Gasteiger partial charge in [-0.05, 0) is 18.2 Å². The molecular formula is C12H7FN2O2. The number of rotatable bonds is 1. The van der Waals surface area contributed by atoms with Gasteiger partial charge in [0.2, 0.25) is 0 Å². The van der Waals surface area contributed by atoms with Crippen LogP contribution in [0.15, 0.2) is 45.7 Å². The number of nitrogens with zero attached hydrogens (tertiary/aromatic N) is 1. The van der Waals surface area contributed by atoms with Crippen molar-refractivity contribution >= 4 is 11.0 Å². The fourth-order valence-electron chi connectivity index (χ4n) is 1.67. The smallest absolute Gasteiger partial charge is 0.345 e. The van der Waals surface area contributed by atoms with Crippen LogP contribution in [-0.2, 0) is 0 Å². The number of halogens is 1. The van der Waals surface area contributed by atoms with Gasteiger partial charge in [0, 0.05) is 11.6 Å². The SMILES string of the molecule is O=c1nccc(-c2cc3cccc(F)c3o2)[nH]1. The van der Waals surface area contributed by atoms with Gasteiger partial charge in [0.1, 0.15) is 0 Å². The van der Waals surface area contributed by atoms with Crippen molar-refractivity contribution in [1.29, 1.82) is 0 Å². The van der Waals surface area contributed by atoms with Gasteiger partial charge in [-0.1, -0.05) is 12.1 Å². The highest BCUT2D eigenvalue weighted by atomic mass is 19.1. The Morgan fingerprint density at radius 1 is 1.29 bits per heavy atom. The van der Waals surface area contributed by atoms with E-state index in [0.29, 0.717) is 16.8 Å². The molecule has 1 aromatic carbocycles. The van der Waals surface area contributed by atoms with E-state index in [9.17, 15) is 9.18 Å². The lowest BCUT2D eigenvalue weighted by Gasteiger charge is -1.93. The number of hydrogen-bond donors (Lipinski definition) is 1. The number of aromatic nitrogens is 2. The minimum atomic E-state index is -0.469. The van der Waals surface area contributed by atoms with Gasteiger partial charge in [-0.2, -0.15) is 0 Å². The van der Waals surface area contributed by atoms with E-state index in [1.807, 2.05) is 0 Å². The second-order valence-electron chi connectivity index (χ2n) is 3.56. The van der Waals surface area contributed by atoms with Gasteiger partial charge in [0.25, 0.3) is 0 Å². The van der Waals surface area contributed by atoms with Gasteiger partial charge < -0.3 is 9.40 Å². The van der Waals surface area contributed by atoms with Crippen molar-refractivity contribution < 1.29 is 8.81 Å². The van der Waals surface area contributed by atoms with E-state index in [1.54, 1.807) is 24.3 Å². The van der Waals surface area contributed by atoms with Gasteiger partial charge in [-0.3, -0.25) is 0 Å². The number of fused-ring (bicyclic) bond motifs is 1. The molecule has 0 radical (unpaired) electrons. The van der Waals surface area contributed by atoms with Crippen LogP contribution in [0.4, 0.5) is 4.39 Å². The van der Waals surface area contributed by atoms with Gasteiger partial charge in [0.05, 0.1) is 5.69 Å². The van der Waals surface area contributed by atoms with Crippen LogP contribution in [0.3, 0.4) is 0 Å². The first-order valence-corrected chi connectivity index (χ1v) is 4.98. The van der Waals surface area contributed by atoms with E-state index >= 15 is 0 Å². The molecule has 0 bridgehead atoms. The molecule has 17 heavy (non-hydrogen) atoms. The molecule has 0 aliphatic rings. The highest BCUT2D eigenvalue weighted by Gasteiger charge is 2.09. The average molecular weight is 230 g/mol. The number of hydrogen-bond acceptors (Lipinski definition) is 3. The van der Waals surface area contributed by atoms with Crippen LogP contribution in [0.25, 0.3) is 22.4 Å². The molecule has 0 saturated heterocycles. The predicted molar refractivity (Wildman–Crippen MR) is 60.0 cm³/mol. The second-order valence-corrected chi connectivity index (χ2v) is 3.56. The summed E-state index contributed by atoms with van der Waals surface area (Å²) in [6, 6.07) is 7.93. The Balaban J connectivity index is 2.25. The van der Waals surface area contributed by atoms with Gasteiger partial charge in [-0.15, -0.1) is 0 Å². The molecule has 5 heteroatoms. The molecule has 0 spiro atoms. The van der Waals surface area contributed by atoms with Gasteiger partial charge in [0.15, 0.2) is 17.2 Å². The molecule has 0 saturated carbocycles. The zero-order valence-corrected chi connectivity index (χ0v) is 8.61. The molecule has 0 aliphatic heterocycles. The molecule has 84 valence electrons. The van der Waals surface area contributed by atoms with Gasteiger partial charge >= 0.3 is 5.69 Å². The average Bonchev–Trinajstić information content (AvgIpc) is 2.74. The Bertz CT molecular complexity index is 745. The molecule has 3 aromatic rings. The summed E-state index contributed by atoms with van der Waals surface area (Å²) in [6.07, 6.45) is 1.37. The third-order valence-corrected chi connectivity index (χ3v) is 2.44. The number of aromatic amines is 1. The van der Waals surface area contributed by atoms with E-state index in [-0.39, 0.29) is 5.58 Å². The van der Waals surface area contributed by atoms with Crippen LogP contribution in [0.2, 0.25) is 0 Å². The predicted octanol–water partition coefficient (Wildman–Crippen LogP) is 2.32. The van der Waals surface area contributed by atoms with E-state index in [1.165, 1.54) is 12.3 Å². The Hall–Kier alpha value is -2.43. The van der Waals surface area contributed by atoms with Crippen LogP contribution in [0.5, 0.6) is 0 Å². The summed E-state index contributed by atoms with van der Waals surface area (Å²) in [6.45, 7) is 0. The fourth-order valence-corrected chi connectivity index (χ4v) is 1.67. The van der Waals surface area contributed by atoms with Crippen molar-refractivity contribution in [2.75, 3.05) is 0 Å². The van der Waals surface area contributed by atoms with E-state index < -0.39 is 11.5 Å². The van der Waals surface area contributed by atoms with E-state index in [0.717, 1.165) is 0 Å². The maximum Gasteiger partial charge on any atom is 0.345 e. The van der Waals surface area contributed by atoms with Gasteiger partial charge in [-0.25, -0.2) is 14.2 Å². The lowest BCUT2D eigenvalue weighted by atomic mass is 10.2. The summed E-state index contributed by atoms with van der Waals surface area (Å²) in [5.74, 6) is -0.0187. The lowest BCUT2D eigenvalue weighted by Crippen LogP contribution is -2.08. The Morgan fingerprint density at radius 2 is 2.18 bits per heavy atom. The zero-order chi connectivity index (χ0) is 11.8. The summed E-state index contributed by atoms with van der Waals surface area (Å²) in [4.78, 5) is 17.1.